The highest BCUT2D eigenvalue weighted by molar-refractivity contribution is 7.89. The lowest BCUT2D eigenvalue weighted by Gasteiger charge is -2.31. The van der Waals surface area contributed by atoms with Crippen LogP contribution in [0.15, 0.2) is 53.4 Å². The maximum atomic E-state index is 12.8. The monoisotopic (exact) mass is 359 g/mol. The first-order valence-electron chi connectivity index (χ1n) is 8.69. The second-order valence-electron chi connectivity index (χ2n) is 6.72. The van der Waals surface area contributed by atoms with Crippen LogP contribution in [0.2, 0.25) is 0 Å². The normalized spacial score (nSPS) is 16.7. The molecule has 0 radical (unpaired) electrons. The molecule has 2 aromatic rings. The van der Waals surface area contributed by atoms with Crippen LogP contribution < -0.4 is 4.74 Å². The highest BCUT2D eigenvalue weighted by Crippen LogP contribution is 2.27. The summed E-state index contributed by atoms with van der Waals surface area (Å²) in [7, 11) is -1.71. The summed E-state index contributed by atoms with van der Waals surface area (Å²) >= 11 is 0. The average molecular weight is 359 g/mol. The van der Waals surface area contributed by atoms with Crippen molar-refractivity contribution < 1.29 is 13.2 Å². The van der Waals surface area contributed by atoms with Gasteiger partial charge in [-0.3, -0.25) is 0 Å². The summed E-state index contributed by atoms with van der Waals surface area (Å²) in [5.41, 5.74) is 2.25. The number of rotatable bonds is 5. The highest BCUT2D eigenvalue weighted by Gasteiger charge is 2.29. The topological polar surface area (TPSA) is 46.6 Å². The largest absolute Gasteiger partial charge is 0.497 e. The molecule has 0 amide bonds. The van der Waals surface area contributed by atoms with Crippen molar-refractivity contribution in [1.29, 1.82) is 0 Å². The van der Waals surface area contributed by atoms with Crippen LogP contribution >= 0.6 is 0 Å². The minimum Gasteiger partial charge on any atom is -0.497 e. The molecule has 5 heteroatoms. The van der Waals surface area contributed by atoms with Gasteiger partial charge in [-0.25, -0.2) is 8.42 Å². The van der Waals surface area contributed by atoms with E-state index in [0.717, 1.165) is 30.6 Å². The molecule has 1 saturated heterocycles. The molecule has 0 atom stereocenters. The van der Waals surface area contributed by atoms with Crippen molar-refractivity contribution in [2.45, 2.75) is 31.1 Å². The summed E-state index contributed by atoms with van der Waals surface area (Å²) in [6.45, 7) is 3.11. The van der Waals surface area contributed by atoms with Crippen LogP contribution in [-0.2, 0) is 16.4 Å². The molecule has 1 fully saturated rings. The van der Waals surface area contributed by atoms with E-state index in [1.54, 1.807) is 29.6 Å². The van der Waals surface area contributed by atoms with Crippen molar-refractivity contribution in [2.24, 2.45) is 5.92 Å². The van der Waals surface area contributed by atoms with E-state index in [0.29, 0.717) is 23.9 Å². The van der Waals surface area contributed by atoms with Crippen molar-refractivity contribution >= 4 is 10.0 Å². The molecule has 3 rings (SSSR count). The SMILES string of the molecule is COc1ccc(CC2CCN(S(=O)(=O)c3cccc(C)c3)CC2)cc1. The fourth-order valence-electron chi connectivity index (χ4n) is 3.37. The van der Waals surface area contributed by atoms with E-state index in [4.69, 9.17) is 4.74 Å². The van der Waals surface area contributed by atoms with Gasteiger partial charge in [-0.05, 0) is 67.5 Å². The summed E-state index contributed by atoms with van der Waals surface area (Å²) in [6.07, 6.45) is 2.79. The molecule has 1 aliphatic heterocycles. The number of hydrogen-bond donors (Lipinski definition) is 0. The summed E-state index contributed by atoms with van der Waals surface area (Å²) in [6, 6.07) is 15.3. The smallest absolute Gasteiger partial charge is 0.243 e. The molecule has 4 nitrogen and oxygen atoms in total. The van der Waals surface area contributed by atoms with Crippen LogP contribution in [0.1, 0.15) is 24.0 Å². The fraction of sp³-hybridized carbons (Fsp3) is 0.400. The number of ether oxygens (including phenoxy) is 1. The van der Waals surface area contributed by atoms with Gasteiger partial charge >= 0.3 is 0 Å². The van der Waals surface area contributed by atoms with Gasteiger partial charge in [-0.1, -0.05) is 24.3 Å². The predicted octanol–water partition coefficient (Wildman–Crippen LogP) is 3.65. The number of piperidine rings is 1. The van der Waals surface area contributed by atoms with Gasteiger partial charge in [0, 0.05) is 13.1 Å². The first-order chi connectivity index (χ1) is 12.0. The molecular formula is C20H25NO3S. The van der Waals surface area contributed by atoms with E-state index in [2.05, 4.69) is 12.1 Å². The lowest BCUT2D eigenvalue weighted by Crippen LogP contribution is -2.38. The number of benzene rings is 2. The van der Waals surface area contributed by atoms with Crippen LogP contribution in [-0.4, -0.2) is 32.9 Å². The highest BCUT2D eigenvalue weighted by atomic mass is 32.2. The second-order valence-corrected chi connectivity index (χ2v) is 8.65. The first-order valence-corrected chi connectivity index (χ1v) is 10.1. The second kappa shape index (κ2) is 7.58. The zero-order valence-electron chi connectivity index (χ0n) is 14.8. The fourth-order valence-corrected chi connectivity index (χ4v) is 4.95. The molecule has 0 spiro atoms. The Morgan fingerprint density at radius 3 is 2.36 bits per heavy atom. The quantitative estimate of drug-likeness (QED) is 0.819. The molecule has 0 bridgehead atoms. The molecule has 25 heavy (non-hydrogen) atoms. The Labute approximate surface area is 150 Å². The van der Waals surface area contributed by atoms with Gasteiger partial charge in [0.15, 0.2) is 0 Å². The van der Waals surface area contributed by atoms with E-state index >= 15 is 0 Å². The van der Waals surface area contributed by atoms with Gasteiger partial charge in [0.05, 0.1) is 12.0 Å². The van der Waals surface area contributed by atoms with E-state index in [1.165, 1.54) is 5.56 Å². The molecule has 0 saturated carbocycles. The number of methoxy groups -OCH3 is 1. The van der Waals surface area contributed by atoms with Gasteiger partial charge in [-0.15, -0.1) is 0 Å². The minimum absolute atomic E-state index is 0.404. The molecule has 134 valence electrons. The van der Waals surface area contributed by atoms with Gasteiger partial charge in [0.1, 0.15) is 5.75 Å². The summed E-state index contributed by atoms with van der Waals surface area (Å²) < 4.78 is 32.4. The van der Waals surface area contributed by atoms with Crippen molar-refractivity contribution in [3.63, 3.8) is 0 Å². The summed E-state index contributed by atoms with van der Waals surface area (Å²) in [5.74, 6) is 1.39. The first kappa shape index (κ1) is 18.0. The Hall–Kier alpha value is -1.85. The third kappa shape index (κ3) is 4.22. The van der Waals surface area contributed by atoms with Crippen LogP contribution in [0, 0.1) is 12.8 Å². The van der Waals surface area contributed by atoms with Crippen LogP contribution in [0.25, 0.3) is 0 Å². The Morgan fingerprint density at radius 2 is 1.76 bits per heavy atom. The Kier molecular flexibility index (Phi) is 5.45. The van der Waals surface area contributed by atoms with Crippen LogP contribution in [0.3, 0.4) is 0 Å². The predicted molar refractivity (Wildman–Crippen MR) is 99.4 cm³/mol. The molecule has 0 aliphatic carbocycles. The number of aryl methyl sites for hydroxylation is 1. The average Bonchev–Trinajstić information content (AvgIpc) is 2.63. The van der Waals surface area contributed by atoms with E-state index in [9.17, 15) is 8.42 Å². The van der Waals surface area contributed by atoms with E-state index in [-0.39, 0.29) is 0 Å². The maximum Gasteiger partial charge on any atom is 0.243 e. The van der Waals surface area contributed by atoms with Crippen LogP contribution in [0.4, 0.5) is 0 Å². The summed E-state index contributed by atoms with van der Waals surface area (Å²) in [5, 5.41) is 0. The van der Waals surface area contributed by atoms with Gasteiger partial charge < -0.3 is 4.74 Å². The van der Waals surface area contributed by atoms with Crippen molar-refractivity contribution in [1.82, 2.24) is 4.31 Å². The van der Waals surface area contributed by atoms with Crippen LogP contribution in [0.5, 0.6) is 5.75 Å². The molecular weight excluding hydrogens is 334 g/mol. The maximum absolute atomic E-state index is 12.8. The number of hydrogen-bond acceptors (Lipinski definition) is 3. The van der Waals surface area contributed by atoms with E-state index < -0.39 is 10.0 Å². The van der Waals surface area contributed by atoms with Gasteiger partial charge in [0.25, 0.3) is 0 Å². The van der Waals surface area contributed by atoms with Gasteiger partial charge in [-0.2, -0.15) is 4.31 Å². The standard InChI is InChI=1S/C20H25NO3S/c1-16-4-3-5-20(14-16)25(22,23)21-12-10-18(11-13-21)15-17-6-8-19(24-2)9-7-17/h3-9,14,18H,10-13,15H2,1-2H3. The molecule has 0 N–H and O–H groups in total. The minimum atomic E-state index is -3.37. The molecule has 2 aromatic carbocycles. The van der Waals surface area contributed by atoms with Crippen molar-refractivity contribution in [3.8, 4) is 5.75 Å². The summed E-state index contributed by atoms with van der Waals surface area (Å²) in [4.78, 5) is 0.404. The van der Waals surface area contributed by atoms with Crippen molar-refractivity contribution in [2.75, 3.05) is 20.2 Å². The third-order valence-electron chi connectivity index (χ3n) is 4.88. The number of nitrogens with zero attached hydrogens (tertiary/aromatic N) is 1. The lowest BCUT2D eigenvalue weighted by molar-refractivity contribution is 0.273. The Balaban J connectivity index is 1.61. The van der Waals surface area contributed by atoms with Crippen molar-refractivity contribution in [3.05, 3.63) is 59.7 Å². The third-order valence-corrected chi connectivity index (χ3v) is 6.78. The lowest BCUT2D eigenvalue weighted by atomic mass is 9.91. The van der Waals surface area contributed by atoms with Gasteiger partial charge in [0.2, 0.25) is 10.0 Å². The van der Waals surface area contributed by atoms with E-state index in [1.807, 2.05) is 25.1 Å². The Morgan fingerprint density at radius 1 is 1.08 bits per heavy atom. The molecule has 0 aromatic heterocycles. The zero-order chi connectivity index (χ0) is 17.9. The Bertz CT molecular complexity index is 807. The zero-order valence-corrected chi connectivity index (χ0v) is 15.6. The molecule has 1 heterocycles. The molecule has 0 unspecified atom stereocenters. The molecule has 1 aliphatic rings. The number of sulfonamides is 1.